The number of ether oxygens (including phenoxy) is 1. The number of halogens is 1. The molecule has 1 aromatic rings. The van der Waals surface area contributed by atoms with Gasteiger partial charge in [0, 0.05) is 7.92 Å². The van der Waals surface area contributed by atoms with Crippen LogP contribution in [0.1, 0.15) is 116 Å². The summed E-state index contributed by atoms with van der Waals surface area (Å²) < 4.78 is 7.66. The summed E-state index contributed by atoms with van der Waals surface area (Å²) in [5.41, 5.74) is 4.78. The molecule has 3 aliphatic carbocycles. The predicted molar refractivity (Wildman–Crippen MR) is 142 cm³/mol. The first-order chi connectivity index (χ1) is 15.7. The Balaban J connectivity index is 0.000000195. The summed E-state index contributed by atoms with van der Waals surface area (Å²) in [6, 6.07) is 7.96. The van der Waals surface area contributed by atoms with E-state index in [0.717, 1.165) is 11.3 Å². The maximum atomic E-state index is 5.72. The van der Waals surface area contributed by atoms with Crippen LogP contribution in [0.2, 0.25) is 0 Å². The van der Waals surface area contributed by atoms with E-state index in [1.165, 1.54) is 17.0 Å². The van der Waals surface area contributed by atoms with Crippen LogP contribution < -0.4 is 4.74 Å². The van der Waals surface area contributed by atoms with Gasteiger partial charge in [-0.05, 0) is 77.0 Å². The first-order valence-electron chi connectivity index (χ1n) is 13.4. The van der Waals surface area contributed by atoms with Gasteiger partial charge in [0.05, 0.1) is 17.0 Å². The fraction of sp³-hybridized carbons (Fsp3) is 0.750. The first-order valence-corrected chi connectivity index (χ1v) is 18.3. The van der Waals surface area contributed by atoms with Gasteiger partial charge in [-0.15, -0.1) is 0 Å². The maximum absolute atomic E-state index is 5.72. The summed E-state index contributed by atoms with van der Waals surface area (Å²) in [5, 5.41) is 0. The average molecular weight is 566 g/mol. The average Bonchev–Trinajstić information content (AvgIpc) is 2.83. The standard InChI is InChI=1S/C18H33P.C10H12O.ClH.Ru/c1-4-10-16(11-5-1)19(17-12-6-2-7-13-17)18-14-8-3-9-15-18;1-8(2)11-10-7-5-4-6-9(10)3;;/h16-18H,1-15H2;3-8H,1-2H3;1H;/q;;;+1. The van der Waals surface area contributed by atoms with Crippen molar-refractivity contribution in [3.63, 3.8) is 0 Å². The fourth-order valence-electron chi connectivity index (χ4n) is 6.28. The second-order valence-electron chi connectivity index (χ2n) is 10.4. The Morgan fingerprint density at radius 2 is 1.22 bits per heavy atom. The van der Waals surface area contributed by atoms with Gasteiger partial charge in [0.25, 0.3) is 0 Å². The van der Waals surface area contributed by atoms with Crippen molar-refractivity contribution in [1.82, 2.24) is 0 Å². The number of para-hydroxylation sites is 1. The third-order valence-corrected chi connectivity index (χ3v) is 13.4. The molecule has 32 heavy (non-hydrogen) atoms. The second-order valence-corrected chi connectivity index (χ2v) is 15.6. The zero-order valence-electron chi connectivity index (χ0n) is 20.4. The monoisotopic (exact) mass is 566 g/mol. The molecule has 3 aliphatic rings. The fourth-order valence-corrected chi connectivity index (χ4v) is 12.6. The molecule has 0 spiro atoms. The number of hydrogen-bond acceptors (Lipinski definition) is 1. The van der Waals surface area contributed by atoms with E-state index in [9.17, 15) is 0 Å². The molecule has 4 heteroatoms. The topological polar surface area (TPSA) is 9.23 Å². The van der Waals surface area contributed by atoms with Crippen LogP contribution in [0.15, 0.2) is 24.3 Å². The van der Waals surface area contributed by atoms with E-state index in [0.29, 0.717) is 0 Å². The molecule has 0 unspecified atom stereocenters. The van der Waals surface area contributed by atoms with E-state index in [-0.39, 0.29) is 29.7 Å². The van der Waals surface area contributed by atoms with E-state index in [1.54, 1.807) is 96.3 Å². The molecule has 1 aromatic carbocycles. The summed E-state index contributed by atoms with van der Waals surface area (Å²) in [4.78, 5) is 0. The molecule has 4 rings (SSSR count). The molecule has 0 saturated heterocycles. The van der Waals surface area contributed by atoms with E-state index in [2.05, 4.69) is 0 Å². The van der Waals surface area contributed by atoms with Crippen LogP contribution >= 0.6 is 17.6 Å². The molecule has 0 atom stereocenters. The molecule has 0 aromatic heterocycles. The van der Waals surface area contributed by atoms with Crippen molar-refractivity contribution >= 4 is 22.2 Å². The quantitative estimate of drug-likeness (QED) is 0.247. The number of hydrogen-bond donors (Lipinski definition) is 0. The number of rotatable bonds is 6. The summed E-state index contributed by atoms with van der Waals surface area (Å²) in [6.45, 7) is 4.04. The van der Waals surface area contributed by atoms with Crippen molar-refractivity contribution in [1.29, 1.82) is 0 Å². The second kappa shape index (κ2) is 15.3. The zero-order chi connectivity index (χ0) is 22.6. The molecule has 0 aliphatic heterocycles. The number of benzene rings is 1. The molecule has 0 heterocycles. The van der Waals surface area contributed by atoms with E-state index in [4.69, 9.17) is 14.4 Å². The van der Waals surface area contributed by atoms with Crippen molar-refractivity contribution in [2.45, 2.75) is 133 Å². The van der Waals surface area contributed by atoms with Crippen molar-refractivity contribution in [2.24, 2.45) is 0 Å². The first kappa shape index (κ1) is 26.8. The predicted octanol–water partition coefficient (Wildman–Crippen LogP) is 9.06. The molecule has 0 bridgehead atoms. The Hall–Kier alpha value is 0.233. The zero-order valence-corrected chi connectivity index (χ0v) is 23.9. The summed E-state index contributed by atoms with van der Waals surface area (Å²) in [6.07, 6.45) is 24.0. The summed E-state index contributed by atoms with van der Waals surface area (Å²) in [7, 11) is 5.68. The van der Waals surface area contributed by atoms with Gasteiger partial charge < -0.3 is 0 Å². The molecule has 3 fully saturated rings. The van der Waals surface area contributed by atoms with Crippen LogP contribution in [0.3, 0.4) is 0 Å². The van der Waals surface area contributed by atoms with Gasteiger partial charge in [-0.25, -0.2) is 0 Å². The molecule has 1 nitrogen and oxygen atoms in total. The van der Waals surface area contributed by atoms with Gasteiger partial charge in [0.1, 0.15) is 0 Å². The Kier molecular flexibility index (Phi) is 12.8. The molecular formula is C28H46ClOPRu+. The van der Waals surface area contributed by atoms with Crippen LogP contribution in [0, 0.1) is 0 Å². The molecule has 0 amide bonds. The molecule has 0 N–H and O–H groups in total. The van der Waals surface area contributed by atoms with Gasteiger partial charge in [0.15, 0.2) is 0 Å². The van der Waals surface area contributed by atoms with E-state index in [1.807, 2.05) is 42.7 Å². The molecule has 3 saturated carbocycles. The van der Waals surface area contributed by atoms with Crippen LogP contribution in [-0.4, -0.2) is 27.7 Å². The van der Waals surface area contributed by atoms with Crippen LogP contribution in [0.5, 0.6) is 5.75 Å². The van der Waals surface area contributed by atoms with Crippen molar-refractivity contribution in [3.05, 3.63) is 29.8 Å². The van der Waals surface area contributed by atoms with Crippen LogP contribution in [0.4, 0.5) is 0 Å². The van der Waals surface area contributed by atoms with Crippen molar-refractivity contribution in [2.75, 3.05) is 0 Å². The third-order valence-electron chi connectivity index (χ3n) is 7.66. The van der Waals surface area contributed by atoms with Gasteiger partial charge in [-0.1, -0.05) is 19.3 Å². The van der Waals surface area contributed by atoms with Gasteiger partial charge >= 0.3 is 90.3 Å². The van der Waals surface area contributed by atoms with Crippen LogP contribution in [0.25, 0.3) is 0 Å². The minimum absolute atomic E-state index is 0.0465. The summed E-state index contributed by atoms with van der Waals surface area (Å²) in [5.74, 6) is 0.924. The van der Waals surface area contributed by atoms with E-state index < -0.39 is 0 Å². The van der Waals surface area contributed by atoms with Crippen LogP contribution in [-0.2, 0) is 15.7 Å². The Bertz CT molecular complexity index is 618. The Morgan fingerprint density at radius 1 is 0.781 bits per heavy atom. The Labute approximate surface area is 210 Å². The summed E-state index contributed by atoms with van der Waals surface area (Å²) >= 11 is -0.191. The third kappa shape index (κ3) is 8.78. The SMILES string of the molecule is C1CCC([PH+](C2CCCCC2)C2CCCCC2)CC1.CC(C)Oc1ccccc1[CH]=[Ru][Cl]. The van der Waals surface area contributed by atoms with Crippen molar-refractivity contribution in [3.8, 4) is 5.75 Å². The molecular weight excluding hydrogens is 520 g/mol. The Morgan fingerprint density at radius 3 is 1.62 bits per heavy atom. The van der Waals surface area contributed by atoms with Gasteiger partial charge in [-0.2, -0.15) is 0 Å². The van der Waals surface area contributed by atoms with Gasteiger partial charge in [-0.3, -0.25) is 0 Å². The van der Waals surface area contributed by atoms with E-state index >= 15 is 0 Å². The normalized spacial score (nSPS) is 21.9. The van der Waals surface area contributed by atoms with Crippen molar-refractivity contribution < 1.29 is 20.4 Å². The minimum atomic E-state index is -0.191. The molecule has 183 valence electrons. The molecule has 0 radical (unpaired) electrons. The van der Waals surface area contributed by atoms with Gasteiger partial charge in [0.2, 0.25) is 0 Å².